The molecule has 8 nitrogen and oxygen atoms in total. The van der Waals surface area contributed by atoms with Crippen LogP contribution in [0.1, 0.15) is 5.76 Å². The Bertz CT molecular complexity index is 1070. The zero-order chi connectivity index (χ0) is 19.0. The summed E-state index contributed by atoms with van der Waals surface area (Å²) in [6, 6.07) is 11.0. The lowest BCUT2D eigenvalue weighted by atomic mass is 10.3. The van der Waals surface area contributed by atoms with E-state index in [0.717, 1.165) is 11.0 Å². The van der Waals surface area contributed by atoms with Crippen molar-refractivity contribution in [3.8, 4) is 0 Å². The SMILES string of the molecule is O=C([O-])CN1C(=O)S/C(=C/c2ccc(Sc3nc4ccccc4[nH]3)o2)C1=O. The van der Waals surface area contributed by atoms with E-state index < -0.39 is 23.7 Å². The van der Waals surface area contributed by atoms with E-state index in [0.29, 0.717) is 32.7 Å². The van der Waals surface area contributed by atoms with Crippen molar-refractivity contribution in [2.75, 3.05) is 6.54 Å². The van der Waals surface area contributed by atoms with Crippen LogP contribution in [-0.2, 0) is 9.59 Å². The first-order chi connectivity index (χ1) is 13.0. The van der Waals surface area contributed by atoms with Crippen molar-refractivity contribution in [1.82, 2.24) is 14.9 Å². The molecule has 10 heteroatoms. The van der Waals surface area contributed by atoms with E-state index in [-0.39, 0.29) is 4.91 Å². The molecule has 0 radical (unpaired) electrons. The number of carboxylic acid groups (broad SMARTS) is 1. The van der Waals surface area contributed by atoms with Crippen molar-refractivity contribution >= 4 is 57.7 Å². The monoisotopic (exact) mass is 400 g/mol. The number of imide groups is 1. The van der Waals surface area contributed by atoms with Crippen molar-refractivity contribution in [1.29, 1.82) is 0 Å². The van der Waals surface area contributed by atoms with Gasteiger partial charge in [-0.3, -0.25) is 14.5 Å². The highest BCUT2D eigenvalue weighted by Crippen LogP contribution is 2.34. The summed E-state index contributed by atoms with van der Waals surface area (Å²) in [4.78, 5) is 42.8. The third-order valence-electron chi connectivity index (χ3n) is 3.60. The lowest BCUT2D eigenvalue weighted by Gasteiger charge is -2.11. The quantitative estimate of drug-likeness (QED) is 0.647. The number of aromatic amines is 1. The average Bonchev–Trinajstić information content (AvgIpc) is 3.30. The van der Waals surface area contributed by atoms with Crippen LogP contribution in [-0.4, -0.2) is 38.5 Å². The fourth-order valence-corrected chi connectivity index (χ4v) is 4.02. The summed E-state index contributed by atoms with van der Waals surface area (Å²) >= 11 is 1.94. The fraction of sp³-hybridized carbons (Fsp3) is 0.0588. The highest BCUT2D eigenvalue weighted by atomic mass is 32.2. The number of carbonyl (C=O) groups excluding carboxylic acids is 3. The summed E-state index contributed by atoms with van der Waals surface area (Å²) in [5, 5.41) is 11.2. The van der Waals surface area contributed by atoms with Gasteiger partial charge in [0.15, 0.2) is 10.2 Å². The molecule has 0 spiro atoms. The number of nitrogens with one attached hydrogen (secondary N) is 1. The number of furan rings is 1. The van der Waals surface area contributed by atoms with Gasteiger partial charge in [-0.15, -0.1) is 0 Å². The zero-order valence-corrected chi connectivity index (χ0v) is 15.1. The van der Waals surface area contributed by atoms with Crippen molar-refractivity contribution in [3.63, 3.8) is 0 Å². The number of hydrogen-bond acceptors (Lipinski definition) is 8. The number of hydrogen-bond donors (Lipinski definition) is 1. The van der Waals surface area contributed by atoms with E-state index >= 15 is 0 Å². The second-order valence-electron chi connectivity index (χ2n) is 5.46. The Morgan fingerprint density at radius 2 is 2.11 bits per heavy atom. The van der Waals surface area contributed by atoms with Gasteiger partial charge in [0.1, 0.15) is 5.76 Å². The van der Waals surface area contributed by atoms with Crippen LogP contribution in [0, 0.1) is 0 Å². The number of fused-ring (bicyclic) bond motifs is 1. The van der Waals surface area contributed by atoms with Gasteiger partial charge in [-0.1, -0.05) is 12.1 Å². The largest absolute Gasteiger partial charge is 0.548 e. The Balaban J connectivity index is 1.51. The van der Waals surface area contributed by atoms with Crippen LogP contribution >= 0.6 is 23.5 Å². The van der Waals surface area contributed by atoms with Gasteiger partial charge in [0, 0.05) is 6.08 Å². The van der Waals surface area contributed by atoms with Crippen LogP contribution in [0.2, 0.25) is 0 Å². The number of carbonyl (C=O) groups is 3. The second kappa shape index (κ2) is 6.97. The molecule has 2 aromatic heterocycles. The molecule has 1 fully saturated rings. The molecule has 0 bridgehead atoms. The number of rotatable bonds is 5. The smallest absolute Gasteiger partial charge is 0.293 e. The van der Waals surface area contributed by atoms with Gasteiger partial charge in [0.05, 0.1) is 28.5 Å². The van der Waals surface area contributed by atoms with Crippen molar-refractivity contribution in [2.45, 2.75) is 10.2 Å². The number of thioether (sulfide) groups is 1. The molecule has 3 heterocycles. The molecule has 1 aromatic carbocycles. The topological polar surface area (TPSA) is 119 Å². The lowest BCUT2D eigenvalue weighted by molar-refractivity contribution is -0.305. The van der Waals surface area contributed by atoms with E-state index in [1.807, 2.05) is 24.3 Å². The van der Waals surface area contributed by atoms with Gasteiger partial charge < -0.3 is 19.3 Å². The number of H-pyrrole nitrogens is 1. The normalized spacial score (nSPS) is 16.0. The molecule has 3 aromatic rings. The summed E-state index contributed by atoms with van der Waals surface area (Å²) in [7, 11) is 0. The van der Waals surface area contributed by atoms with E-state index in [2.05, 4.69) is 9.97 Å². The number of para-hydroxylation sites is 2. The van der Waals surface area contributed by atoms with E-state index in [4.69, 9.17) is 4.42 Å². The molecule has 4 rings (SSSR count). The number of aliphatic carboxylic acids is 1. The average molecular weight is 400 g/mol. The van der Waals surface area contributed by atoms with Crippen molar-refractivity contribution < 1.29 is 23.9 Å². The third kappa shape index (κ3) is 3.62. The third-order valence-corrected chi connectivity index (χ3v) is 5.32. The molecule has 1 aliphatic rings. The molecular weight excluding hydrogens is 390 g/mol. The number of imidazole rings is 1. The van der Waals surface area contributed by atoms with Gasteiger partial charge in [-0.05, 0) is 47.8 Å². The van der Waals surface area contributed by atoms with Gasteiger partial charge >= 0.3 is 0 Å². The van der Waals surface area contributed by atoms with E-state index in [9.17, 15) is 19.5 Å². The Morgan fingerprint density at radius 3 is 2.89 bits per heavy atom. The van der Waals surface area contributed by atoms with Crippen LogP contribution < -0.4 is 5.11 Å². The van der Waals surface area contributed by atoms with E-state index in [1.54, 1.807) is 12.1 Å². The maximum Gasteiger partial charge on any atom is 0.293 e. The highest BCUT2D eigenvalue weighted by molar-refractivity contribution is 8.18. The molecule has 1 N–H and O–H groups in total. The van der Waals surface area contributed by atoms with Crippen LogP contribution in [0.15, 0.2) is 56.0 Å². The molecule has 1 saturated heterocycles. The predicted octanol–water partition coefficient (Wildman–Crippen LogP) is 2.09. The van der Waals surface area contributed by atoms with Gasteiger partial charge in [-0.25, -0.2) is 4.98 Å². The molecule has 0 aliphatic carbocycles. The van der Waals surface area contributed by atoms with Crippen LogP contribution in [0.25, 0.3) is 17.1 Å². The minimum Gasteiger partial charge on any atom is -0.548 e. The number of aromatic nitrogens is 2. The molecule has 136 valence electrons. The molecule has 27 heavy (non-hydrogen) atoms. The maximum atomic E-state index is 12.1. The van der Waals surface area contributed by atoms with Crippen LogP contribution in [0.5, 0.6) is 0 Å². The van der Waals surface area contributed by atoms with Crippen LogP contribution in [0.3, 0.4) is 0 Å². The summed E-state index contributed by atoms with van der Waals surface area (Å²) in [6.07, 6.45) is 1.41. The Kier molecular flexibility index (Phi) is 4.50. The summed E-state index contributed by atoms with van der Waals surface area (Å²) in [5.41, 5.74) is 1.75. The molecule has 1 aliphatic heterocycles. The van der Waals surface area contributed by atoms with Gasteiger partial charge in [-0.2, -0.15) is 0 Å². The maximum absolute atomic E-state index is 12.1. The number of carboxylic acids is 1. The Morgan fingerprint density at radius 1 is 1.30 bits per heavy atom. The van der Waals surface area contributed by atoms with Gasteiger partial charge in [0.25, 0.3) is 11.1 Å². The predicted molar refractivity (Wildman–Crippen MR) is 96.6 cm³/mol. The second-order valence-corrected chi connectivity index (χ2v) is 7.44. The fourth-order valence-electron chi connectivity index (χ4n) is 2.43. The minimum absolute atomic E-state index is 0.0934. The number of nitrogens with zero attached hydrogens (tertiary/aromatic N) is 2. The van der Waals surface area contributed by atoms with Crippen molar-refractivity contribution in [3.05, 3.63) is 47.1 Å². The number of amides is 2. The van der Waals surface area contributed by atoms with Crippen LogP contribution in [0.4, 0.5) is 4.79 Å². The zero-order valence-electron chi connectivity index (χ0n) is 13.5. The molecule has 2 amide bonds. The molecule has 0 unspecified atom stereocenters. The minimum atomic E-state index is -1.50. The molecular formula is C17H10N3O5S2-. The molecule has 0 atom stereocenters. The Hall–Kier alpha value is -2.98. The Labute approximate surface area is 160 Å². The summed E-state index contributed by atoms with van der Waals surface area (Å²) in [6.45, 7) is -0.771. The standard InChI is InChI=1S/C17H11N3O5S2/c21-13(22)8-20-15(23)12(26-17(20)24)7-9-5-6-14(25-9)27-16-18-10-3-1-2-4-11(10)19-16/h1-7H,8H2,(H,18,19)(H,21,22)/p-1/b12-7+. The summed E-state index contributed by atoms with van der Waals surface area (Å²) < 4.78 is 5.65. The first-order valence-electron chi connectivity index (χ1n) is 7.67. The number of benzene rings is 1. The first kappa shape index (κ1) is 17.4. The van der Waals surface area contributed by atoms with Gasteiger partial charge in [0.2, 0.25) is 0 Å². The summed E-state index contributed by atoms with van der Waals surface area (Å²) in [5.74, 6) is -1.81. The highest BCUT2D eigenvalue weighted by Gasteiger charge is 2.35. The van der Waals surface area contributed by atoms with E-state index in [1.165, 1.54) is 17.8 Å². The first-order valence-corrected chi connectivity index (χ1v) is 9.30. The van der Waals surface area contributed by atoms with Crippen molar-refractivity contribution in [2.24, 2.45) is 0 Å². The lowest BCUT2D eigenvalue weighted by Crippen LogP contribution is -2.40. The molecule has 0 saturated carbocycles.